The number of hydrogen-bond donors (Lipinski definition) is 2. The lowest BCUT2D eigenvalue weighted by Gasteiger charge is -2.36. The third-order valence-electron chi connectivity index (χ3n) is 5.35. The number of benzene rings is 1. The van der Waals surface area contributed by atoms with E-state index in [0.717, 1.165) is 10.3 Å². The number of halogens is 4. The molecule has 0 bridgehead atoms. The van der Waals surface area contributed by atoms with Gasteiger partial charge in [-0.3, -0.25) is 19.4 Å². The van der Waals surface area contributed by atoms with E-state index in [-0.39, 0.29) is 18.9 Å². The Morgan fingerprint density at radius 3 is 2.78 bits per heavy atom. The van der Waals surface area contributed by atoms with Gasteiger partial charge in [-0.1, -0.05) is 22.8 Å². The Morgan fingerprint density at radius 1 is 1.22 bits per heavy atom. The molecule has 36 heavy (non-hydrogen) atoms. The summed E-state index contributed by atoms with van der Waals surface area (Å²) in [5, 5.41) is 21.1. The maximum atomic E-state index is 12.8. The van der Waals surface area contributed by atoms with Gasteiger partial charge in [0.15, 0.2) is 0 Å². The molecule has 15 heteroatoms. The zero-order chi connectivity index (χ0) is 25.9. The number of pyridine rings is 1. The molecule has 2 N–H and O–H groups in total. The number of hydrogen-bond acceptors (Lipinski definition) is 8. The predicted molar refractivity (Wildman–Crippen MR) is 117 cm³/mol. The average Bonchev–Trinajstić information content (AvgIpc) is 3.29. The Balaban J connectivity index is 1.36. The summed E-state index contributed by atoms with van der Waals surface area (Å²) < 4.78 is 49.8. The van der Waals surface area contributed by atoms with Crippen LogP contribution in [0.4, 0.5) is 18.0 Å². The van der Waals surface area contributed by atoms with Crippen LogP contribution in [-0.4, -0.2) is 69.4 Å². The normalized spacial score (nSPS) is 18.3. The van der Waals surface area contributed by atoms with Gasteiger partial charge in [-0.25, -0.2) is 4.79 Å². The topological polar surface area (TPSA) is 140 Å². The molecule has 2 amide bonds. The summed E-state index contributed by atoms with van der Waals surface area (Å²) in [6, 6.07) is 5.44. The molecule has 0 saturated carbocycles. The lowest BCUT2D eigenvalue weighted by Crippen LogP contribution is -2.50. The summed E-state index contributed by atoms with van der Waals surface area (Å²) in [6.07, 6.45) is -4.43. The van der Waals surface area contributed by atoms with Crippen molar-refractivity contribution in [1.29, 1.82) is 0 Å². The van der Waals surface area contributed by atoms with Crippen molar-refractivity contribution in [3.63, 3.8) is 0 Å². The van der Waals surface area contributed by atoms with Crippen molar-refractivity contribution < 1.29 is 41.8 Å². The molecular formula is C21H19ClF3N5O6. The first-order valence-electron chi connectivity index (χ1n) is 10.6. The van der Waals surface area contributed by atoms with Gasteiger partial charge in [-0.15, -0.1) is 18.3 Å². The molecule has 3 aromatic rings. The Bertz CT molecular complexity index is 1260. The second-order valence-corrected chi connectivity index (χ2v) is 8.24. The summed E-state index contributed by atoms with van der Waals surface area (Å²) in [7, 11) is 0. The van der Waals surface area contributed by atoms with E-state index >= 15 is 0 Å². The van der Waals surface area contributed by atoms with E-state index in [1.54, 1.807) is 24.3 Å². The predicted octanol–water partition coefficient (Wildman–Crippen LogP) is 3.80. The summed E-state index contributed by atoms with van der Waals surface area (Å²) in [4.78, 5) is 29.9. The second kappa shape index (κ2) is 10.5. The number of fused-ring (bicyclic) bond motifs is 1. The van der Waals surface area contributed by atoms with Crippen molar-refractivity contribution in [3.05, 3.63) is 46.9 Å². The van der Waals surface area contributed by atoms with Crippen LogP contribution in [0, 0.1) is 0 Å². The molecule has 1 aliphatic rings. The monoisotopic (exact) mass is 529 g/mol. The molecule has 2 aromatic heterocycles. The second-order valence-electron chi connectivity index (χ2n) is 7.81. The zero-order valence-corrected chi connectivity index (χ0v) is 19.1. The molecular weight excluding hydrogens is 511 g/mol. The Morgan fingerprint density at radius 2 is 2.03 bits per heavy atom. The maximum Gasteiger partial charge on any atom is 0.522 e. The minimum absolute atomic E-state index is 0.0552. The number of carboxylic acid groups (broad SMARTS) is 1. The summed E-state index contributed by atoms with van der Waals surface area (Å²) in [5.41, 5.74) is 0.939. The van der Waals surface area contributed by atoms with Gasteiger partial charge in [0, 0.05) is 29.2 Å². The Labute approximate surface area is 206 Å². The van der Waals surface area contributed by atoms with E-state index in [1.165, 1.54) is 6.20 Å². The van der Waals surface area contributed by atoms with E-state index in [2.05, 4.69) is 25.2 Å². The zero-order valence-electron chi connectivity index (χ0n) is 18.4. The minimum Gasteiger partial charge on any atom is -0.465 e. The van der Waals surface area contributed by atoms with E-state index < -0.39 is 49.7 Å². The number of carbonyl (C=O) groups is 2. The highest BCUT2D eigenvalue weighted by molar-refractivity contribution is 6.31. The molecule has 11 nitrogen and oxygen atoms in total. The van der Waals surface area contributed by atoms with Crippen LogP contribution in [0.2, 0.25) is 5.02 Å². The number of amides is 2. The van der Waals surface area contributed by atoms with Gasteiger partial charge in [-0.05, 0) is 31.0 Å². The molecule has 192 valence electrons. The van der Waals surface area contributed by atoms with Crippen LogP contribution >= 0.6 is 11.6 Å². The third-order valence-corrected chi connectivity index (χ3v) is 5.59. The van der Waals surface area contributed by atoms with Gasteiger partial charge in [-0.2, -0.15) is 0 Å². The van der Waals surface area contributed by atoms with Gasteiger partial charge in [0.25, 0.3) is 5.91 Å². The molecule has 1 aliphatic heterocycles. The number of nitrogens with zero attached hydrogens (tertiary/aromatic N) is 4. The average molecular weight is 530 g/mol. The first kappa shape index (κ1) is 25.4. The first-order valence-corrected chi connectivity index (χ1v) is 11.0. The fraction of sp³-hybridized carbons (Fsp3) is 0.381. The van der Waals surface area contributed by atoms with Gasteiger partial charge >= 0.3 is 18.5 Å². The number of rotatable bonds is 7. The van der Waals surface area contributed by atoms with Crippen molar-refractivity contribution in [2.24, 2.45) is 0 Å². The Kier molecular flexibility index (Phi) is 7.45. The number of likely N-dealkylation sites (tertiary alicyclic amines) is 1. The summed E-state index contributed by atoms with van der Waals surface area (Å²) in [6.45, 7) is -1.34. The van der Waals surface area contributed by atoms with Crippen molar-refractivity contribution in [2.75, 3.05) is 19.8 Å². The number of carbonyl (C=O) groups excluding carboxylic acids is 1. The van der Waals surface area contributed by atoms with Crippen LogP contribution in [0.5, 0.6) is 6.08 Å². The fourth-order valence-corrected chi connectivity index (χ4v) is 3.91. The summed E-state index contributed by atoms with van der Waals surface area (Å²) >= 11 is 5.95. The number of aromatic nitrogens is 3. The molecule has 1 saturated heterocycles. The molecule has 0 unspecified atom stereocenters. The molecule has 3 heterocycles. The maximum absolute atomic E-state index is 12.8. The first-order chi connectivity index (χ1) is 17.1. The quantitative estimate of drug-likeness (QED) is 0.437. The minimum atomic E-state index is -4.79. The van der Waals surface area contributed by atoms with Crippen molar-refractivity contribution in [3.8, 4) is 6.08 Å². The number of ether oxygens (including phenoxy) is 2. The van der Waals surface area contributed by atoms with Crippen LogP contribution in [0.3, 0.4) is 0 Å². The highest BCUT2D eigenvalue weighted by Crippen LogP contribution is 2.31. The van der Waals surface area contributed by atoms with Crippen molar-refractivity contribution in [2.45, 2.75) is 31.3 Å². The van der Waals surface area contributed by atoms with Gasteiger partial charge in [0.1, 0.15) is 12.6 Å². The van der Waals surface area contributed by atoms with Crippen LogP contribution in [0.1, 0.15) is 35.1 Å². The van der Waals surface area contributed by atoms with Gasteiger partial charge in [0.05, 0.1) is 17.7 Å². The van der Waals surface area contributed by atoms with Crippen molar-refractivity contribution in [1.82, 2.24) is 25.4 Å². The largest absolute Gasteiger partial charge is 0.522 e. The van der Waals surface area contributed by atoms with Crippen molar-refractivity contribution >= 4 is 34.5 Å². The van der Waals surface area contributed by atoms with E-state index in [4.69, 9.17) is 20.8 Å². The standard InChI is InChI=1S/C21H19ClF3N5O6/c22-13-2-1-11-7-12(9-26-15(11)8-13)17(31)27-14-3-4-16(30(10-14)20(32)33)18-28-29-19(36-18)34-5-6-35-21(23,24)25/h1-2,7-9,14,16H,3-6,10H2,(H,27,31)(H,32,33)/t14-,16+/m1/s1. The Hall–Kier alpha value is -3.65. The molecule has 4 rings (SSSR count). The molecule has 0 radical (unpaired) electrons. The number of piperidine rings is 1. The van der Waals surface area contributed by atoms with Gasteiger partial charge < -0.3 is 19.6 Å². The number of nitrogens with one attached hydrogen (secondary N) is 1. The lowest BCUT2D eigenvalue weighted by atomic mass is 9.98. The molecule has 1 fully saturated rings. The molecule has 2 atom stereocenters. The van der Waals surface area contributed by atoms with Crippen LogP contribution in [-0.2, 0) is 4.74 Å². The highest BCUT2D eigenvalue weighted by Gasteiger charge is 2.37. The van der Waals surface area contributed by atoms with E-state index in [9.17, 15) is 27.9 Å². The van der Waals surface area contributed by atoms with Crippen LogP contribution in [0.15, 0.2) is 34.9 Å². The third kappa shape index (κ3) is 6.31. The molecule has 0 spiro atoms. The fourth-order valence-electron chi connectivity index (χ4n) is 3.74. The molecule has 0 aliphatic carbocycles. The smallest absolute Gasteiger partial charge is 0.465 e. The summed E-state index contributed by atoms with van der Waals surface area (Å²) in [5.74, 6) is -0.492. The SMILES string of the molecule is O=C(N[C@@H]1CC[C@@H](c2nnc(OCCOC(F)(F)F)o2)N(C(=O)O)C1)c1cnc2cc(Cl)ccc2c1. The van der Waals surface area contributed by atoms with E-state index in [0.29, 0.717) is 22.5 Å². The number of alkyl halides is 3. The lowest BCUT2D eigenvalue weighted by molar-refractivity contribution is -0.325. The van der Waals surface area contributed by atoms with Crippen LogP contribution < -0.4 is 10.1 Å². The van der Waals surface area contributed by atoms with Crippen LogP contribution in [0.25, 0.3) is 10.9 Å². The molecule has 1 aromatic carbocycles. The van der Waals surface area contributed by atoms with E-state index in [1.807, 2.05) is 0 Å². The highest BCUT2D eigenvalue weighted by atomic mass is 35.5. The van der Waals surface area contributed by atoms with Gasteiger partial charge in [0.2, 0.25) is 5.89 Å².